The Labute approximate surface area is 126 Å². The van der Waals surface area contributed by atoms with E-state index in [0.29, 0.717) is 11.3 Å². The van der Waals surface area contributed by atoms with E-state index in [-0.39, 0.29) is 11.9 Å². The highest BCUT2D eigenvalue weighted by molar-refractivity contribution is 5.99. The standard InChI is InChI=1S/C18H22N2O/c1-4-17(14-8-5-12(2)6-9-14)20-18(21)15-11-13(3)7-10-16(15)19/h5-11,17H,4,19H2,1-3H3,(H,20,21). The zero-order valence-electron chi connectivity index (χ0n) is 12.8. The van der Waals surface area contributed by atoms with Crippen LogP contribution in [0.1, 0.15) is 46.4 Å². The molecule has 21 heavy (non-hydrogen) atoms. The molecule has 2 aromatic rings. The molecule has 0 saturated heterocycles. The number of nitrogens with two attached hydrogens (primary N) is 1. The number of rotatable bonds is 4. The Hall–Kier alpha value is -2.29. The molecule has 0 aliphatic carbocycles. The number of aryl methyl sites for hydroxylation is 2. The van der Waals surface area contributed by atoms with Crippen LogP contribution in [-0.4, -0.2) is 5.91 Å². The zero-order chi connectivity index (χ0) is 15.4. The molecule has 0 bridgehead atoms. The lowest BCUT2D eigenvalue weighted by atomic mass is 10.0. The normalized spacial score (nSPS) is 12.0. The average molecular weight is 282 g/mol. The van der Waals surface area contributed by atoms with E-state index < -0.39 is 0 Å². The Morgan fingerprint density at radius 2 is 1.71 bits per heavy atom. The van der Waals surface area contributed by atoms with Gasteiger partial charge in [0.1, 0.15) is 0 Å². The van der Waals surface area contributed by atoms with Crippen LogP contribution in [0.15, 0.2) is 42.5 Å². The second-order valence-electron chi connectivity index (χ2n) is 5.44. The second-order valence-corrected chi connectivity index (χ2v) is 5.44. The van der Waals surface area contributed by atoms with Gasteiger partial charge < -0.3 is 11.1 Å². The monoisotopic (exact) mass is 282 g/mol. The van der Waals surface area contributed by atoms with Gasteiger partial charge in [0, 0.05) is 5.69 Å². The van der Waals surface area contributed by atoms with Crippen molar-refractivity contribution in [2.75, 3.05) is 5.73 Å². The van der Waals surface area contributed by atoms with E-state index in [0.717, 1.165) is 17.5 Å². The predicted octanol–water partition coefficient (Wildman–Crippen LogP) is 3.77. The van der Waals surface area contributed by atoms with E-state index in [1.165, 1.54) is 5.56 Å². The van der Waals surface area contributed by atoms with Gasteiger partial charge in [-0.2, -0.15) is 0 Å². The minimum absolute atomic E-state index is 0.00184. The van der Waals surface area contributed by atoms with Crippen LogP contribution in [0.2, 0.25) is 0 Å². The van der Waals surface area contributed by atoms with Crippen LogP contribution in [0.5, 0.6) is 0 Å². The molecule has 0 aliphatic heterocycles. The molecular weight excluding hydrogens is 260 g/mol. The highest BCUT2D eigenvalue weighted by atomic mass is 16.1. The first-order valence-electron chi connectivity index (χ1n) is 7.24. The summed E-state index contributed by atoms with van der Waals surface area (Å²) < 4.78 is 0. The number of hydrogen-bond donors (Lipinski definition) is 2. The molecule has 1 unspecified atom stereocenters. The van der Waals surface area contributed by atoms with Crippen molar-refractivity contribution in [3.05, 3.63) is 64.7 Å². The molecule has 1 atom stereocenters. The molecule has 0 heterocycles. The molecule has 1 amide bonds. The number of amides is 1. The molecule has 0 spiro atoms. The van der Waals surface area contributed by atoms with Crippen molar-refractivity contribution in [3.8, 4) is 0 Å². The maximum Gasteiger partial charge on any atom is 0.253 e. The summed E-state index contributed by atoms with van der Waals surface area (Å²) in [4.78, 5) is 12.4. The molecular formula is C18H22N2O. The van der Waals surface area contributed by atoms with Crippen LogP contribution in [0.3, 0.4) is 0 Å². The van der Waals surface area contributed by atoms with Crippen molar-refractivity contribution >= 4 is 11.6 Å². The average Bonchev–Trinajstić information content (AvgIpc) is 2.48. The van der Waals surface area contributed by atoms with Gasteiger partial charge in [0.2, 0.25) is 0 Å². The van der Waals surface area contributed by atoms with Crippen LogP contribution >= 0.6 is 0 Å². The molecule has 110 valence electrons. The van der Waals surface area contributed by atoms with Crippen molar-refractivity contribution in [2.24, 2.45) is 0 Å². The van der Waals surface area contributed by atoms with Gasteiger partial charge in [-0.3, -0.25) is 4.79 Å². The molecule has 0 aromatic heterocycles. The molecule has 0 aliphatic rings. The summed E-state index contributed by atoms with van der Waals surface area (Å²) >= 11 is 0. The number of nitrogens with one attached hydrogen (secondary N) is 1. The second kappa shape index (κ2) is 6.44. The Balaban J connectivity index is 2.20. The highest BCUT2D eigenvalue weighted by Crippen LogP contribution is 2.20. The van der Waals surface area contributed by atoms with E-state index in [1.54, 1.807) is 6.07 Å². The maximum absolute atomic E-state index is 12.4. The van der Waals surface area contributed by atoms with E-state index >= 15 is 0 Å². The minimum Gasteiger partial charge on any atom is -0.398 e. The number of hydrogen-bond acceptors (Lipinski definition) is 2. The first-order valence-corrected chi connectivity index (χ1v) is 7.24. The summed E-state index contributed by atoms with van der Waals surface area (Å²) in [7, 11) is 0. The van der Waals surface area contributed by atoms with Crippen LogP contribution in [0.25, 0.3) is 0 Å². The molecule has 3 N–H and O–H groups in total. The van der Waals surface area contributed by atoms with Gasteiger partial charge >= 0.3 is 0 Å². The Bertz CT molecular complexity index is 632. The Morgan fingerprint density at radius 1 is 1.10 bits per heavy atom. The van der Waals surface area contributed by atoms with E-state index in [4.69, 9.17) is 5.73 Å². The first kappa shape index (κ1) is 15.1. The quantitative estimate of drug-likeness (QED) is 0.839. The van der Waals surface area contributed by atoms with Gasteiger partial charge in [0.05, 0.1) is 11.6 Å². The largest absolute Gasteiger partial charge is 0.398 e. The SMILES string of the molecule is CCC(NC(=O)c1cc(C)ccc1N)c1ccc(C)cc1. The summed E-state index contributed by atoms with van der Waals surface area (Å²) in [6.07, 6.45) is 0.834. The minimum atomic E-state index is -0.122. The molecule has 3 nitrogen and oxygen atoms in total. The van der Waals surface area contributed by atoms with Gasteiger partial charge in [-0.15, -0.1) is 0 Å². The Kier molecular flexibility index (Phi) is 4.63. The third-order valence-electron chi connectivity index (χ3n) is 3.65. The lowest BCUT2D eigenvalue weighted by molar-refractivity contribution is 0.0936. The van der Waals surface area contributed by atoms with E-state index in [1.807, 2.05) is 19.1 Å². The number of nitrogen functional groups attached to an aromatic ring is 1. The van der Waals surface area contributed by atoms with Crippen LogP contribution in [0.4, 0.5) is 5.69 Å². The number of carbonyl (C=O) groups is 1. The van der Waals surface area contributed by atoms with Crippen LogP contribution < -0.4 is 11.1 Å². The Morgan fingerprint density at radius 3 is 2.33 bits per heavy atom. The topological polar surface area (TPSA) is 55.1 Å². The van der Waals surface area contributed by atoms with Crippen molar-refractivity contribution in [3.63, 3.8) is 0 Å². The van der Waals surface area contributed by atoms with E-state index in [2.05, 4.69) is 43.4 Å². The van der Waals surface area contributed by atoms with Gasteiger partial charge in [-0.05, 0) is 38.0 Å². The summed E-state index contributed by atoms with van der Waals surface area (Å²) in [5, 5.41) is 3.07. The smallest absolute Gasteiger partial charge is 0.253 e. The molecule has 3 heteroatoms. The summed E-state index contributed by atoms with van der Waals surface area (Å²) in [6, 6.07) is 13.7. The summed E-state index contributed by atoms with van der Waals surface area (Å²) in [5.74, 6) is -0.122. The zero-order valence-corrected chi connectivity index (χ0v) is 12.8. The lowest BCUT2D eigenvalue weighted by Crippen LogP contribution is -2.28. The molecule has 2 rings (SSSR count). The van der Waals surface area contributed by atoms with Crippen LogP contribution in [0, 0.1) is 13.8 Å². The van der Waals surface area contributed by atoms with Crippen molar-refractivity contribution in [2.45, 2.75) is 33.2 Å². The fraction of sp³-hybridized carbons (Fsp3) is 0.278. The highest BCUT2D eigenvalue weighted by Gasteiger charge is 2.16. The van der Waals surface area contributed by atoms with Crippen molar-refractivity contribution in [1.82, 2.24) is 5.32 Å². The van der Waals surface area contributed by atoms with Crippen LogP contribution in [-0.2, 0) is 0 Å². The third kappa shape index (κ3) is 3.63. The first-order chi connectivity index (χ1) is 10.0. The van der Waals surface area contributed by atoms with Gasteiger partial charge in [-0.1, -0.05) is 48.4 Å². The van der Waals surface area contributed by atoms with Crippen molar-refractivity contribution < 1.29 is 4.79 Å². The summed E-state index contributed by atoms with van der Waals surface area (Å²) in [5.41, 5.74) is 10.3. The number of benzene rings is 2. The molecule has 0 saturated carbocycles. The molecule has 0 fully saturated rings. The maximum atomic E-state index is 12.4. The number of carbonyl (C=O) groups excluding carboxylic acids is 1. The predicted molar refractivity (Wildman–Crippen MR) is 87.3 cm³/mol. The third-order valence-corrected chi connectivity index (χ3v) is 3.65. The molecule has 2 aromatic carbocycles. The summed E-state index contributed by atoms with van der Waals surface area (Å²) in [6.45, 7) is 6.06. The fourth-order valence-corrected chi connectivity index (χ4v) is 2.32. The fourth-order valence-electron chi connectivity index (χ4n) is 2.32. The number of anilines is 1. The molecule has 0 radical (unpaired) electrons. The van der Waals surface area contributed by atoms with E-state index in [9.17, 15) is 4.79 Å². The van der Waals surface area contributed by atoms with Gasteiger partial charge in [0.25, 0.3) is 5.91 Å². The van der Waals surface area contributed by atoms with Gasteiger partial charge in [0.15, 0.2) is 0 Å². The lowest BCUT2D eigenvalue weighted by Gasteiger charge is -2.18. The van der Waals surface area contributed by atoms with Gasteiger partial charge in [-0.25, -0.2) is 0 Å². The van der Waals surface area contributed by atoms with Crippen molar-refractivity contribution in [1.29, 1.82) is 0 Å².